The van der Waals surface area contributed by atoms with Gasteiger partial charge in [-0.1, -0.05) is 0 Å². The molecule has 138 valence electrons. The molecule has 3 rings (SSSR count). The lowest BCUT2D eigenvalue weighted by molar-refractivity contribution is 0.0452. The molecule has 2 fully saturated rings. The van der Waals surface area contributed by atoms with Crippen LogP contribution in [0.15, 0.2) is 24.3 Å². The van der Waals surface area contributed by atoms with Crippen molar-refractivity contribution >= 4 is 22.9 Å². The van der Waals surface area contributed by atoms with E-state index in [2.05, 4.69) is 16.5 Å². The highest BCUT2D eigenvalue weighted by atomic mass is 32.2. The van der Waals surface area contributed by atoms with Crippen LogP contribution in [0.1, 0.15) is 23.7 Å². The number of carbonyl (C=O) groups is 1. The highest BCUT2D eigenvalue weighted by Gasteiger charge is 2.29. The van der Waals surface area contributed by atoms with Crippen LogP contribution in [-0.2, 0) is 16.0 Å². The lowest BCUT2D eigenvalue weighted by Gasteiger charge is -2.40. The minimum atomic E-state index is -2.11. The Morgan fingerprint density at radius 2 is 2.12 bits per heavy atom. The maximum atomic E-state index is 12.8. The first-order valence-corrected chi connectivity index (χ1v) is 9.72. The zero-order valence-corrected chi connectivity index (χ0v) is 15.2. The number of anilines is 1. The summed E-state index contributed by atoms with van der Waals surface area (Å²) in [7, 11) is 0. The maximum absolute atomic E-state index is 12.8. The predicted molar refractivity (Wildman–Crippen MR) is 96.7 cm³/mol. The Morgan fingerprint density at radius 3 is 2.72 bits per heavy atom. The van der Waals surface area contributed by atoms with Gasteiger partial charge in [-0.2, -0.15) is 0 Å². The average Bonchev–Trinajstić information content (AvgIpc) is 3.07. The summed E-state index contributed by atoms with van der Waals surface area (Å²) in [6.07, 6.45) is 1.13. The van der Waals surface area contributed by atoms with Gasteiger partial charge >= 0.3 is 0 Å². The van der Waals surface area contributed by atoms with Crippen LogP contribution in [-0.4, -0.2) is 69.9 Å². The fourth-order valence-corrected chi connectivity index (χ4v) is 3.88. The highest BCUT2D eigenvalue weighted by molar-refractivity contribution is 7.80. The van der Waals surface area contributed by atoms with E-state index in [1.54, 1.807) is 24.3 Å². The van der Waals surface area contributed by atoms with E-state index in [0.29, 0.717) is 23.7 Å². The number of rotatable bonds is 5. The van der Waals surface area contributed by atoms with Crippen molar-refractivity contribution in [1.82, 2.24) is 9.80 Å². The summed E-state index contributed by atoms with van der Waals surface area (Å²) in [6, 6.07) is 6.82. The van der Waals surface area contributed by atoms with Gasteiger partial charge in [0.2, 0.25) is 0 Å². The number of nitrogens with one attached hydrogen (secondary N) is 1. The van der Waals surface area contributed by atoms with Gasteiger partial charge in [-0.15, -0.1) is 0 Å². The molecule has 8 heteroatoms. The van der Waals surface area contributed by atoms with Crippen LogP contribution in [0.25, 0.3) is 0 Å². The lowest BCUT2D eigenvalue weighted by atomic mass is 10.1. The van der Waals surface area contributed by atoms with Crippen molar-refractivity contribution in [1.29, 1.82) is 0 Å². The minimum absolute atomic E-state index is 0.00743. The van der Waals surface area contributed by atoms with Crippen LogP contribution >= 0.6 is 0 Å². The Kier molecular flexibility index (Phi) is 6.06. The lowest BCUT2D eigenvalue weighted by Crippen LogP contribution is -2.54. The van der Waals surface area contributed by atoms with Crippen molar-refractivity contribution in [3.63, 3.8) is 0 Å². The zero-order chi connectivity index (χ0) is 17.8. The van der Waals surface area contributed by atoms with Gasteiger partial charge in [-0.05, 0) is 43.5 Å². The molecule has 2 unspecified atom stereocenters. The molecule has 2 heterocycles. The third kappa shape index (κ3) is 4.78. The number of hydrogen-bond acceptors (Lipinski definition) is 4. The minimum Gasteiger partial charge on any atom is -0.381 e. The first-order valence-electron chi connectivity index (χ1n) is 8.61. The van der Waals surface area contributed by atoms with Crippen molar-refractivity contribution < 1.29 is 18.3 Å². The van der Waals surface area contributed by atoms with Gasteiger partial charge in [0.25, 0.3) is 17.2 Å². The van der Waals surface area contributed by atoms with Crippen molar-refractivity contribution in [2.24, 2.45) is 5.92 Å². The molecule has 0 aliphatic carbocycles. The van der Waals surface area contributed by atoms with Gasteiger partial charge in [-0.25, -0.2) is 4.21 Å². The second-order valence-electron chi connectivity index (χ2n) is 6.77. The number of hydrogen-bond donors (Lipinski definition) is 2. The standard InChI is InChI=1S/C17H25N3O4S/c1-13-10-19(11-14-6-9-24-12-14)7-8-20(13)17(21)15-2-4-16(5-3-15)18-25(22)23/h2-5,13-14,18H,6-12H2,1H3,(H,22,23)/t13-,14?/m0/s1. The Hall–Kier alpha value is -1.48. The summed E-state index contributed by atoms with van der Waals surface area (Å²) in [4.78, 5) is 17.1. The van der Waals surface area contributed by atoms with E-state index in [1.807, 2.05) is 4.90 Å². The van der Waals surface area contributed by atoms with Crippen LogP contribution < -0.4 is 4.72 Å². The molecule has 0 radical (unpaired) electrons. The number of benzene rings is 1. The topological polar surface area (TPSA) is 82.1 Å². The summed E-state index contributed by atoms with van der Waals surface area (Å²) in [5.74, 6) is 0.625. The summed E-state index contributed by atoms with van der Waals surface area (Å²) in [5.41, 5.74) is 1.10. The molecule has 7 nitrogen and oxygen atoms in total. The highest BCUT2D eigenvalue weighted by Crippen LogP contribution is 2.19. The van der Waals surface area contributed by atoms with E-state index in [1.165, 1.54) is 0 Å². The fourth-order valence-electron chi connectivity index (χ4n) is 3.54. The molecule has 2 saturated heterocycles. The Morgan fingerprint density at radius 1 is 1.36 bits per heavy atom. The number of amides is 1. The van der Waals surface area contributed by atoms with Gasteiger partial charge in [0.05, 0.1) is 6.61 Å². The van der Waals surface area contributed by atoms with Gasteiger partial charge in [0, 0.05) is 50.1 Å². The van der Waals surface area contributed by atoms with Crippen molar-refractivity contribution in [3.8, 4) is 0 Å². The smallest absolute Gasteiger partial charge is 0.259 e. The van der Waals surface area contributed by atoms with Gasteiger partial charge in [-0.3, -0.25) is 19.0 Å². The third-order valence-electron chi connectivity index (χ3n) is 4.85. The largest absolute Gasteiger partial charge is 0.381 e. The molecule has 1 amide bonds. The molecule has 0 aromatic heterocycles. The van der Waals surface area contributed by atoms with E-state index in [-0.39, 0.29) is 11.9 Å². The molecule has 0 bridgehead atoms. The fraction of sp³-hybridized carbons (Fsp3) is 0.588. The molecule has 0 spiro atoms. The van der Waals surface area contributed by atoms with Crippen LogP contribution in [0.2, 0.25) is 0 Å². The normalized spacial score (nSPS) is 25.8. The molecule has 2 aliphatic rings. The molecular formula is C17H25N3O4S. The quantitative estimate of drug-likeness (QED) is 0.769. The molecule has 1 aromatic rings. The Labute approximate surface area is 150 Å². The Bertz CT molecular complexity index is 619. The van der Waals surface area contributed by atoms with E-state index in [9.17, 15) is 9.00 Å². The molecule has 2 aliphatic heterocycles. The predicted octanol–water partition coefficient (Wildman–Crippen LogP) is 1.42. The molecule has 1 aromatic carbocycles. The number of ether oxygens (including phenoxy) is 1. The second-order valence-corrected chi connectivity index (χ2v) is 7.47. The molecule has 25 heavy (non-hydrogen) atoms. The number of piperazine rings is 1. The Balaban J connectivity index is 1.56. The number of carbonyl (C=O) groups excluding carboxylic acids is 1. The second kappa shape index (κ2) is 8.27. The molecular weight excluding hydrogens is 342 g/mol. The summed E-state index contributed by atoms with van der Waals surface area (Å²) in [5, 5.41) is 0. The van der Waals surface area contributed by atoms with Crippen LogP contribution in [0, 0.1) is 5.92 Å². The van der Waals surface area contributed by atoms with E-state index < -0.39 is 11.3 Å². The van der Waals surface area contributed by atoms with Crippen LogP contribution in [0.4, 0.5) is 5.69 Å². The van der Waals surface area contributed by atoms with Gasteiger partial charge in [0.1, 0.15) is 0 Å². The van der Waals surface area contributed by atoms with Crippen LogP contribution in [0.5, 0.6) is 0 Å². The summed E-state index contributed by atoms with van der Waals surface area (Å²) >= 11 is -2.11. The first-order chi connectivity index (χ1) is 12.0. The maximum Gasteiger partial charge on any atom is 0.259 e. The van der Waals surface area contributed by atoms with E-state index in [4.69, 9.17) is 9.29 Å². The molecule has 0 saturated carbocycles. The summed E-state index contributed by atoms with van der Waals surface area (Å²) < 4.78 is 27.4. The third-order valence-corrected chi connectivity index (χ3v) is 5.26. The SMILES string of the molecule is C[C@H]1CN(CC2CCOC2)CCN1C(=O)c1ccc(NS(=O)O)cc1. The van der Waals surface area contributed by atoms with Crippen molar-refractivity contribution in [3.05, 3.63) is 29.8 Å². The summed E-state index contributed by atoms with van der Waals surface area (Å²) in [6.45, 7) is 7.33. The monoisotopic (exact) mass is 367 g/mol. The first kappa shape index (κ1) is 18.3. The molecule has 3 atom stereocenters. The van der Waals surface area contributed by atoms with E-state index >= 15 is 0 Å². The van der Waals surface area contributed by atoms with Gasteiger partial charge in [0.15, 0.2) is 0 Å². The van der Waals surface area contributed by atoms with Crippen molar-refractivity contribution in [2.45, 2.75) is 19.4 Å². The number of nitrogens with zero attached hydrogens (tertiary/aromatic N) is 2. The average molecular weight is 367 g/mol. The molecule has 2 N–H and O–H groups in total. The zero-order valence-electron chi connectivity index (χ0n) is 14.4. The van der Waals surface area contributed by atoms with Gasteiger partial charge < -0.3 is 9.64 Å². The van der Waals surface area contributed by atoms with Crippen molar-refractivity contribution in [2.75, 3.05) is 44.1 Å². The van der Waals surface area contributed by atoms with E-state index in [0.717, 1.165) is 39.3 Å². The van der Waals surface area contributed by atoms with Crippen LogP contribution in [0.3, 0.4) is 0 Å².